The molecular formula is C14H18Cl2N2O2. The van der Waals surface area contributed by atoms with Gasteiger partial charge < -0.3 is 10.0 Å². The molecule has 1 saturated heterocycles. The van der Waals surface area contributed by atoms with Crippen LogP contribution in [0.3, 0.4) is 0 Å². The molecule has 2 rings (SSSR count). The summed E-state index contributed by atoms with van der Waals surface area (Å²) in [6, 6.07) is 5.36. The predicted molar refractivity (Wildman–Crippen MR) is 80.0 cm³/mol. The van der Waals surface area contributed by atoms with E-state index in [0.717, 1.165) is 18.5 Å². The van der Waals surface area contributed by atoms with Crippen molar-refractivity contribution in [3.63, 3.8) is 0 Å². The Bertz CT molecular complexity index is 496. The molecule has 1 heterocycles. The molecule has 1 atom stereocenters. The molecule has 1 fully saturated rings. The summed E-state index contributed by atoms with van der Waals surface area (Å²) in [6.07, 6.45) is 0.437. The van der Waals surface area contributed by atoms with Gasteiger partial charge >= 0.3 is 0 Å². The Labute approximate surface area is 128 Å². The smallest absolute Gasteiger partial charge is 0.236 e. The third kappa shape index (κ3) is 4.09. The molecule has 0 radical (unpaired) electrons. The van der Waals surface area contributed by atoms with Gasteiger partial charge in [0, 0.05) is 26.7 Å². The number of carbonyl (C=O) groups excluding carboxylic acids is 1. The summed E-state index contributed by atoms with van der Waals surface area (Å²) in [7, 11) is 1.76. The second-order valence-electron chi connectivity index (χ2n) is 5.18. The molecule has 0 saturated carbocycles. The van der Waals surface area contributed by atoms with Gasteiger partial charge in [0.15, 0.2) is 0 Å². The van der Waals surface area contributed by atoms with Crippen molar-refractivity contribution in [2.45, 2.75) is 19.1 Å². The van der Waals surface area contributed by atoms with E-state index in [9.17, 15) is 9.90 Å². The van der Waals surface area contributed by atoms with E-state index in [-0.39, 0.29) is 12.0 Å². The molecule has 6 heteroatoms. The van der Waals surface area contributed by atoms with E-state index in [1.807, 2.05) is 11.0 Å². The topological polar surface area (TPSA) is 43.8 Å². The fourth-order valence-corrected chi connectivity index (χ4v) is 2.59. The van der Waals surface area contributed by atoms with Gasteiger partial charge in [-0.1, -0.05) is 29.3 Å². The summed E-state index contributed by atoms with van der Waals surface area (Å²) < 4.78 is 0. The normalized spacial score (nSPS) is 19.3. The SMILES string of the molecule is CN(Cc1ccc(Cl)c(Cl)c1)C(=O)CN1CC[C@H](O)C1. The fourth-order valence-electron chi connectivity index (χ4n) is 2.27. The van der Waals surface area contributed by atoms with Crippen LogP contribution in [0, 0.1) is 0 Å². The van der Waals surface area contributed by atoms with Crippen LogP contribution in [0.1, 0.15) is 12.0 Å². The monoisotopic (exact) mass is 316 g/mol. The minimum atomic E-state index is -0.303. The van der Waals surface area contributed by atoms with Crippen LogP contribution in [-0.4, -0.2) is 53.6 Å². The molecule has 0 aromatic heterocycles. The van der Waals surface area contributed by atoms with Gasteiger partial charge in [-0.15, -0.1) is 0 Å². The molecular weight excluding hydrogens is 299 g/mol. The summed E-state index contributed by atoms with van der Waals surface area (Å²) in [6.45, 7) is 2.18. The highest BCUT2D eigenvalue weighted by Crippen LogP contribution is 2.23. The minimum Gasteiger partial charge on any atom is -0.392 e. The molecule has 1 amide bonds. The Balaban J connectivity index is 1.88. The number of likely N-dealkylation sites (tertiary alicyclic amines) is 1. The van der Waals surface area contributed by atoms with Crippen molar-refractivity contribution in [3.8, 4) is 0 Å². The molecule has 1 aromatic carbocycles. The summed E-state index contributed by atoms with van der Waals surface area (Å²) >= 11 is 11.8. The molecule has 0 aliphatic carbocycles. The number of hydrogen-bond donors (Lipinski definition) is 1. The van der Waals surface area contributed by atoms with Crippen LogP contribution in [0.15, 0.2) is 18.2 Å². The highest BCUT2D eigenvalue weighted by Gasteiger charge is 2.23. The molecule has 1 aromatic rings. The standard InChI is InChI=1S/C14H18Cl2N2O2/c1-17(7-10-2-3-12(15)13(16)6-10)14(20)9-18-5-4-11(19)8-18/h2-3,6,11,19H,4-5,7-9H2,1H3/t11-/m0/s1. The van der Waals surface area contributed by atoms with E-state index < -0.39 is 0 Å². The number of likely N-dealkylation sites (N-methyl/N-ethyl adjacent to an activating group) is 1. The highest BCUT2D eigenvalue weighted by molar-refractivity contribution is 6.42. The first kappa shape index (κ1) is 15.6. The maximum atomic E-state index is 12.1. The third-order valence-electron chi connectivity index (χ3n) is 3.44. The zero-order valence-corrected chi connectivity index (χ0v) is 12.9. The number of halogens is 2. The van der Waals surface area contributed by atoms with Gasteiger partial charge in [0.05, 0.1) is 22.7 Å². The van der Waals surface area contributed by atoms with E-state index in [4.69, 9.17) is 23.2 Å². The van der Waals surface area contributed by atoms with Crippen molar-refractivity contribution in [1.29, 1.82) is 0 Å². The number of hydrogen-bond acceptors (Lipinski definition) is 3. The van der Waals surface area contributed by atoms with Crippen LogP contribution < -0.4 is 0 Å². The van der Waals surface area contributed by atoms with Gasteiger partial charge in [0.25, 0.3) is 0 Å². The van der Waals surface area contributed by atoms with Crippen LogP contribution >= 0.6 is 23.2 Å². The van der Waals surface area contributed by atoms with Crippen molar-refractivity contribution in [1.82, 2.24) is 9.80 Å². The molecule has 0 spiro atoms. The summed E-state index contributed by atoms with van der Waals surface area (Å²) in [5, 5.41) is 10.5. The van der Waals surface area contributed by atoms with Crippen molar-refractivity contribution >= 4 is 29.1 Å². The van der Waals surface area contributed by atoms with Crippen molar-refractivity contribution < 1.29 is 9.90 Å². The number of aliphatic hydroxyl groups excluding tert-OH is 1. The first-order valence-corrected chi connectivity index (χ1v) is 7.29. The summed E-state index contributed by atoms with van der Waals surface area (Å²) in [5.41, 5.74) is 0.941. The van der Waals surface area contributed by atoms with Crippen LogP contribution in [0.5, 0.6) is 0 Å². The number of amides is 1. The third-order valence-corrected chi connectivity index (χ3v) is 4.17. The van der Waals surface area contributed by atoms with Crippen LogP contribution in [0.4, 0.5) is 0 Å². The Kier molecular flexibility index (Phi) is 5.27. The van der Waals surface area contributed by atoms with Crippen LogP contribution in [0.25, 0.3) is 0 Å². The average Bonchev–Trinajstić information content (AvgIpc) is 2.79. The lowest BCUT2D eigenvalue weighted by Crippen LogP contribution is -2.37. The highest BCUT2D eigenvalue weighted by atomic mass is 35.5. The zero-order chi connectivity index (χ0) is 14.7. The zero-order valence-electron chi connectivity index (χ0n) is 11.4. The molecule has 1 aliphatic heterocycles. The number of β-amino-alcohol motifs (C(OH)–C–C–N with tert-alkyl or cyclic N) is 1. The van der Waals surface area contributed by atoms with E-state index in [0.29, 0.717) is 29.7 Å². The molecule has 1 N–H and O–H groups in total. The molecule has 1 aliphatic rings. The van der Waals surface area contributed by atoms with Gasteiger partial charge in [0.2, 0.25) is 5.91 Å². The fraction of sp³-hybridized carbons (Fsp3) is 0.500. The number of benzene rings is 1. The van der Waals surface area contributed by atoms with Crippen molar-refractivity contribution in [2.75, 3.05) is 26.7 Å². The van der Waals surface area contributed by atoms with E-state index in [1.165, 1.54) is 0 Å². The second-order valence-corrected chi connectivity index (χ2v) is 5.99. The maximum absolute atomic E-state index is 12.1. The Morgan fingerprint density at radius 1 is 1.45 bits per heavy atom. The Morgan fingerprint density at radius 3 is 2.80 bits per heavy atom. The van der Waals surface area contributed by atoms with E-state index in [1.54, 1.807) is 24.1 Å². The van der Waals surface area contributed by atoms with Gasteiger partial charge in [-0.3, -0.25) is 9.69 Å². The number of aliphatic hydroxyl groups is 1. The lowest BCUT2D eigenvalue weighted by Gasteiger charge is -2.21. The Hall–Kier alpha value is -0.810. The lowest BCUT2D eigenvalue weighted by molar-refractivity contribution is -0.131. The minimum absolute atomic E-state index is 0.0326. The quantitative estimate of drug-likeness (QED) is 0.924. The Morgan fingerprint density at radius 2 is 2.20 bits per heavy atom. The molecule has 0 bridgehead atoms. The van der Waals surface area contributed by atoms with Gasteiger partial charge in [-0.2, -0.15) is 0 Å². The summed E-state index contributed by atoms with van der Waals surface area (Å²) in [4.78, 5) is 15.7. The predicted octanol–water partition coefficient (Wildman–Crippen LogP) is 2.02. The largest absolute Gasteiger partial charge is 0.392 e. The molecule has 110 valence electrons. The number of carbonyl (C=O) groups is 1. The first-order valence-electron chi connectivity index (χ1n) is 6.54. The average molecular weight is 317 g/mol. The van der Waals surface area contributed by atoms with E-state index in [2.05, 4.69) is 0 Å². The van der Waals surface area contributed by atoms with Gasteiger partial charge in [0.1, 0.15) is 0 Å². The molecule has 20 heavy (non-hydrogen) atoms. The van der Waals surface area contributed by atoms with Crippen molar-refractivity contribution in [2.24, 2.45) is 0 Å². The van der Waals surface area contributed by atoms with E-state index >= 15 is 0 Å². The van der Waals surface area contributed by atoms with Crippen LogP contribution in [-0.2, 0) is 11.3 Å². The number of nitrogens with zero attached hydrogens (tertiary/aromatic N) is 2. The number of rotatable bonds is 4. The van der Waals surface area contributed by atoms with Crippen LogP contribution in [0.2, 0.25) is 10.0 Å². The molecule has 4 nitrogen and oxygen atoms in total. The lowest BCUT2D eigenvalue weighted by atomic mass is 10.2. The van der Waals surface area contributed by atoms with Gasteiger partial charge in [-0.05, 0) is 24.1 Å². The van der Waals surface area contributed by atoms with Gasteiger partial charge in [-0.25, -0.2) is 0 Å². The van der Waals surface area contributed by atoms with Crippen molar-refractivity contribution in [3.05, 3.63) is 33.8 Å². The first-order chi connectivity index (χ1) is 9.45. The maximum Gasteiger partial charge on any atom is 0.236 e. The summed E-state index contributed by atoms with van der Waals surface area (Å²) in [5.74, 6) is 0.0326. The second kappa shape index (κ2) is 6.76. The molecule has 0 unspecified atom stereocenters.